The molecule has 1 saturated heterocycles. The molecule has 0 aromatic carbocycles. The number of piperazine rings is 1. The molecule has 0 radical (unpaired) electrons. The van der Waals surface area contributed by atoms with Crippen molar-refractivity contribution in [2.45, 2.75) is 31.7 Å². The number of nitrogens with one attached hydrogen (secondary N) is 1. The van der Waals surface area contributed by atoms with Crippen LogP contribution in [0.5, 0.6) is 0 Å². The standard InChI is InChI=1S/C12H20N2O3/c1-2-3-4-5-6-7-14-9-11(15)13-8-10(14)12(16)17/h2,10H,1,3-9H2,(H,13,15)(H,16,17). The molecular formula is C12H20N2O3. The number of nitrogens with zero attached hydrogens (tertiary/aromatic N) is 1. The molecule has 1 fully saturated rings. The number of rotatable bonds is 7. The molecule has 1 aliphatic heterocycles. The third-order valence-electron chi connectivity index (χ3n) is 2.92. The molecule has 1 rings (SSSR count). The lowest BCUT2D eigenvalue weighted by atomic mass is 10.1. The Morgan fingerprint density at radius 1 is 1.53 bits per heavy atom. The molecule has 0 saturated carbocycles. The summed E-state index contributed by atoms with van der Waals surface area (Å²) in [4.78, 5) is 24.0. The van der Waals surface area contributed by atoms with Crippen molar-refractivity contribution >= 4 is 11.9 Å². The molecule has 1 amide bonds. The summed E-state index contributed by atoms with van der Waals surface area (Å²) < 4.78 is 0. The van der Waals surface area contributed by atoms with Gasteiger partial charge in [0, 0.05) is 6.54 Å². The van der Waals surface area contributed by atoms with Gasteiger partial charge >= 0.3 is 5.97 Å². The molecule has 1 aliphatic rings. The van der Waals surface area contributed by atoms with Gasteiger partial charge in [0.2, 0.25) is 5.91 Å². The van der Waals surface area contributed by atoms with Crippen LogP contribution in [0.15, 0.2) is 12.7 Å². The van der Waals surface area contributed by atoms with Crippen LogP contribution in [0.1, 0.15) is 25.7 Å². The average Bonchev–Trinajstić information content (AvgIpc) is 2.28. The van der Waals surface area contributed by atoms with E-state index in [9.17, 15) is 9.59 Å². The number of carbonyl (C=O) groups excluding carboxylic acids is 1. The molecule has 1 atom stereocenters. The highest BCUT2D eigenvalue weighted by atomic mass is 16.4. The van der Waals surface area contributed by atoms with Crippen LogP contribution in [-0.4, -0.2) is 47.6 Å². The number of allylic oxidation sites excluding steroid dienone is 1. The second-order valence-electron chi connectivity index (χ2n) is 4.27. The van der Waals surface area contributed by atoms with E-state index < -0.39 is 12.0 Å². The number of carboxylic acids is 1. The molecule has 0 spiro atoms. The van der Waals surface area contributed by atoms with Crippen molar-refractivity contribution in [3.63, 3.8) is 0 Å². The van der Waals surface area contributed by atoms with Crippen molar-refractivity contribution in [2.75, 3.05) is 19.6 Å². The minimum atomic E-state index is -0.865. The monoisotopic (exact) mass is 240 g/mol. The molecule has 5 nitrogen and oxygen atoms in total. The zero-order valence-corrected chi connectivity index (χ0v) is 10.0. The van der Waals surface area contributed by atoms with Crippen LogP contribution in [0.3, 0.4) is 0 Å². The maximum absolute atomic E-state index is 11.2. The summed E-state index contributed by atoms with van der Waals surface area (Å²) in [5, 5.41) is 11.6. The van der Waals surface area contributed by atoms with Gasteiger partial charge in [0.25, 0.3) is 0 Å². The molecule has 0 bridgehead atoms. The molecule has 17 heavy (non-hydrogen) atoms. The molecule has 96 valence electrons. The SMILES string of the molecule is C=CCCCCCN1CC(=O)NCC1C(=O)O. The summed E-state index contributed by atoms with van der Waals surface area (Å²) in [7, 11) is 0. The second-order valence-corrected chi connectivity index (χ2v) is 4.27. The van der Waals surface area contributed by atoms with E-state index in [-0.39, 0.29) is 19.0 Å². The van der Waals surface area contributed by atoms with Gasteiger partial charge in [0.05, 0.1) is 6.54 Å². The van der Waals surface area contributed by atoms with Gasteiger partial charge < -0.3 is 10.4 Å². The fourth-order valence-electron chi connectivity index (χ4n) is 1.95. The molecule has 0 aromatic rings. The van der Waals surface area contributed by atoms with E-state index in [1.165, 1.54) is 0 Å². The van der Waals surface area contributed by atoms with Crippen LogP contribution in [0.4, 0.5) is 0 Å². The van der Waals surface area contributed by atoms with E-state index >= 15 is 0 Å². The third-order valence-corrected chi connectivity index (χ3v) is 2.92. The van der Waals surface area contributed by atoms with E-state index in [1.807, 2.05) is 6.08 Å². The largest absolute Gasteiger partial charge is 0.480 e. The fourth-order valence-corrected chi connectivity index (χ4v) is 1.95. The first-order chi connectivity index (χ1) is 8.15. The van der Waals surface area contributed by atoms with Crippen LogP contribution in [0.25, 0.3) is 0 Å². The lowest BCUT2D eigenvalue weighted by Gasteiger charge is -2.32. The number of amides is 1. The maximum Gasteiger partial charge on any atom is 0.322 e. The van der Waals surface area contributed by atoms with E-state index in [1.54, 1.807) is 4.90 Å². The normalized spacial score (nSPS) is 20.9. The zero-order chi connectivity index (χ0) is 12.7. The third kappa shape index (κ3) is 4.56. The predicted molar refractivity (Wildman–Crippen MR) is 64.7 cm³/mol. The first kappa shape index (κ1) is 13.7. The number of unbranched alkanes of at least 4 members (excludes halogenated alkanes) is 3. The minimum absolute atomic E-state index is 0.0893. The maximum atomic E-state index is 11.2. The van der Waals surface area contributed by atoms with Crippen molar-refractivity contribution in [3.05, 3.63) is 12.7 Å². The van der Waals surface area contributed by atoms with Crippen LogP contribution in [0.2, 0.25) is 0 Å². The Kier molecular flexibility index (Phi) is 5.69. The Balaban J connectivity index is 2.33. The molecule has 5 heteroatoms. The summed E-state index contributed by atoms with van der Waals surface area (Å²) in [6.45, 7) is 4.72. The smallest absolute Gasteiger partial charge is 0.322 e. The lowest BCUT2D eigenvalue weighted by molar-refractivity contribution is -0.146. The highest BCUT2D eigenvalue weighted by molar-refractivity contribution is 5.83. The average molecular weight is 240 g/mol. The van der Waals surface area contributed by atoms with Crippen LogP contribution in [-0.2, 0) is 9.59 Å². The Morgan fingerprint density at radius 3 is 2.94 bits per heavy atom. The zero-order valence-electron chi connectivity index (χ0n) is 10.0. The summed E-state index contributed by atoms with van der Waals surface area (Å²) in [5.41, 5.74) is 0. The van der Waals surface area contributed by atoms with Crippen molar-refractivity contribution < 1.29 is 14.7 Å². The van der Waals surface area contributed by atoms with E-state index in [4.69, 9.17) is 5.11 Å². The van der Waals surface area contributed by atoms with Crippen LogP contribution in [0, 0.1) is 0 Å². The van der Waals surface area contributed by atoms with E-state index in [0.717, 1.165) is 25.7 Å². The summed E-state index contributed by atoms with van der Waals surface area (Å²) >= 11 is 0. The van der Waals surface area contributed by atoms with E-state index in [2.05, 4.69) is 11.9 Å². The van der Waals surface area contributed by atoms with Gasteiger partial charge in [-0.05, 0) is 25.8 Å². The Labute approximate surface area is 101 Å². The molecule has 0 aliphatic carbocycles. The Hall–Kier alpha value is -1.36. The van der Waals surface area contributed by atoms with Crippen molar-refractivity contribution in [2.24, 2.45) is 0 Å². The first-order valence-electron chi connectivity index (χ1n) is 5.99. The number of aliphatic carboxylic acids is 1. The van der Waals surface area contributed by atoms with E-state index in [0.29, 0.717) is 6.54 Å². The van der Waals surface area contributed by atoms with Crippen LogP contribution >= 0.6 is 0 Å². The molecule has 1 heterocycles. The van der Waals surface area contributed by atoms with Gasteiger partial charge in [-0.1, -0.05) is 12.5 Å². The van der Waals surface area contributed by atoms with Crippen molar-refractivity contribution in [3.8, 4) is 0 Å². The van der Waals surface area contributed by atoms with Gasteiger partial charge in [-0.15, -0.1) is 6.58 Å². The molecule has 2 N–H and O–H groups in total. The Bertz CT molecular complexity index is 291. The highest BCUT2D eigenvalue weighted by Crippen LogP contribution is 2.08. The Morgan fingerprint density at radius 2 is 2.29 bits per heavy atom. The topological polar surface area (TPSA) is 69.6 Å². The number of hydrogen-bond acceptors (Lipinski definition) is 3. The second kappa shape index (κ2) is 7.06. The summed E-state index contributed by atoms with van der Waals surface area (Å²) in [6.07, 6.45) is 5.90. The summed E-state index contributed by atoms with van der Waals surface area (Å²) in [5.74, 6) is -0.954. The number of hydrogen-bond donors (Lipinski definition) is 2. The van der Waals surface area contributed by atoms with Crippen molar-refractivity contribution in [1.82, 2.24) is 10.2 Å². The first-order valence-corrected chi connectivity index (χ1v) is 5.99. The minimum Gasteiger partial charge on any atom is -0.480 e. The molecule has 0 aromatic heterocycles. The van der Waals surface area contributed by atoms with Crippen molar-refractivity contribution in [1.29, 1.82) is 0 Å². The van der Waals surface area contributed by atoms with Gasteiger partial charge in [-0.25, -0.2) is 0 Å². The van der Waals surface area contributed by atoms with Gasteiger partial charge in [0.15, 0.2) is 0 Å². The fraction of sp³-hybridized carbons (Fsp3) is 0.667. The predicted octanol–water partition coefficient (Wildman–Crippen LogP) is 0.618. The molecule has 1 unspecified atom stereocenters. The number of carboxylic acid groups (broad SMARTS) is 1. The van der Waals surface area contributed by atoms with Gasteiger partial charge in [-0.2, -0.15) is 0 Å². The number of carbonyl (C=O) groups is 2. The van der Waals surface area contributed by atoms with Gasteiger partial charge in [-0.3, -0.25) is 14.5 Å². The summed E-state index contributed by atoms with van der Waals surface area (Å²) in [6, 6.07) is -0.577. The quantitative estimate of drug-likeness (QED) is 0.505. The van der Waals surface area contributed by atoms with Crippen LogP contribution < -0.4 is 5.32 Å². The van der Waals surface area contributed by atoms with Gasteiger partial charge in [0.1, 0.15) is 6.04 Å². The highest BCUT2D eigenvalue weighted by Gasteiger charge is 2.31. The lowest BCUT2D eigenvalue weighted by Crippen LogP contribution is -2.57. The molecular weight excluding hydrogens is 220 g/mol.